The maximum atomic E-state index is 9.28. The van der Waals surface area contributed by atoms with Crippen LogP contribution in [0.2, 0.25) is 0 Å². The van der Waals surface area contributed by atoms with E-state index in [1.54, 1.807) is 0 Å². The molecular formula is C13H18BrNO. The molecule has 0 radical (unpaired) electrons. The molecule has 16 heavy (non-hydrogen) atoms. The van der Waals surface area contributed by atoms with E-state index in [1.807, 2.05) is 0 Å². The van der Waals surface area contributed by atoms with E-state index in [2.05, 4.69) is 52.9 Å². The summed E-state index contributed by atoms with van der Waals surface area (Å²) in [5, 5.41) is 9.28. The van der Waals surface area contributed by atoms with Crippen molar-refractivity contribution in [3.63, 3.8) is 0 Å². The molecule has 1 saturated heterocycles. The molecule has 1 heterocycles. The fraction of sp³-hybridized carbons (Fsp3) is 0.538. The Bertz CT molecular complexity index is 380. The molecule has 1 aliphatic heterocycles. The number of hydrogen-bond donors (Lipinski definition) is 1. The Morgan fingerprint density at radius 3 is 2.81 bits per heavy atom. The standard InChI is InChI=1S/C13H18BrNO/c1-9-3-4-13(12(14)7-9)15-6-5-11(8-16)10(15)2/h3-4,7,10-11,16H,5-6,8H2,1-2H3. The number of rotatable bonds is 2. The lowest BCUT2D eigenvalue weighted by molar-refractivity contribution is 0.221. The molecule has 1 aromatic rings. The highest BCUT2D eigenvalue weighted by atomic mass is 79.9. The molecule has 2 atom stereocenters. The van der Waals surface area contributed by atoms with Crippen LogP contribution in [0.1, 0.15) is 18.9 Å². The van der Waals surface area contributed by atoms with Gasteiger partial charge in [-0.1, -0.05) is 6.07 Å². The second-order valence-corrected chi connectivity index (χ2v) is 5.47. The summed E-state index contributed by atoms with van der Waals surface area (Å²) >= 11 is 3.62. The lowest BCUT2D eigenvalue weighted by Crippen LogP contribution is -2.31. The van der Waals surface area contributed by atoms with Gasteiger partial charge in [-0.15, -0.1) is 0 Å². The predicted molar refractivity (Wildman–Crippen MR) is 70.9 cm³/mol. The monoisotopic (exact) mass is 283 g/mol. The second-order valence-electron chi connectivity index (χ2n) is 4.62. The van der Waals surface area contributed by atoms with E-state index >= 15 is 0 Å². The van der Waals surface area contributed by atoms with Crippen molar-refractivity contribution in [3.8, 4) is 0 Å². The number of aliphatic hydroxyl groups is 1. The number of anilines is 1. The number of nitrogens with zero attached hydrogens (tertiary/aromatic N) is 1. The minimum Gasteiger partial charge on any atom is -0.396 e. The van der Waals surface area contributed by atoms with Crippen LogP contribution in [0.5, 0.6) is 0 Å². The molecule has 0 aromatic heterocycles. The number of hydrogen-bond acceptors (Lipinski definition) is 2. The third-order valence-electron chi connectivity index (χ3n) is 3.56. The Kier molecular flexibility index (Phi) is 3.55. The van der Waals surface area contributed by atoms with Gasteiger partial charge in [0.15, 0.2) is 0 Å². The number of benzene rings is 1. The summed E-state index contributed by atoms with van der Waals surface area (Å²) in [6.45, 7) is 5.62. The first-order valence-corrected chi connectivity index (χ1v) is 6.56. The number of halogens is 1. The van der Waals surface area contributed by atoms with Gasteiger partial charge in [0.25, 0.3) is 0 Å². The van der Waals surface area contributed by atoms with Gasteiger partial charge in [0.1, 0.15) is 0 Å². The third kappa shape index (κ3) is 2.11. The van der Waals surface area contributed by atoms with Crippen molar-refractivity contribution in [3.05, 3.63) is 28.2 Å². The minimum absolute atomic E-state index is 0.293. The van der Waals surface area contributed by atoms with Crippen LogP contribution < -0.4 is 4.90 Å². The molecule has 1 N–H and O–H groups in total. The van der Waals surface area contributed by atoms with E-state index in [0.717, 1.165) is 17.4 Å². The zero-order valence-corrected chi connectivity index (χ0v) is 11.4. The fourth-order valence-corrected chi connectivity index (χ4v) is 3.15. The first kappa shape index (κ1) is 11.9. The second kappa shape index (κ2) is 4.76. The Labute approximate surface area is 105 Å². The summed E-state index contributed by atoms with van der Waals surface area (Å²) in [5.41, 5.74) is 2.51. The first-order chi connectivity index (χ1) is 7.63. The van der Waals surface area contributed by atoms with Crippen molar-refractivity contribution in [1.29, 1.82) is 0 Å². The summed E-state index contributed by atoms with van der Waals surface area (Å²) < 4.78 is 1.15. The molecule has 1 aromatic carbocycles. The zero-order chi connectivity index (χ0) is 11.7. The Morgan fingerprint density at radius 2 is 2.25 bits per heavy atom. The number of aliphatic hydroxyl groups excluding tert-OH is 1. The van der Waals surface area contributed by atoms with Gasteiger partial charge in [-0.05, 0) is 53.9 Å². The molecule has 0 saturated carbocycles. The van der Waals surface area contributed by atoms with Gasteiger partial charge < -0.3 is 10.0 Å². The predicted octanol–water partition coefficient (Wildman–Crippen LogP) is 2.96. The van der Waals surface area contributed by atoms with Crippen molar-refractivity contribution in [2.24, 2.45) is 5.92 Å². The van der Waals surface area contributed by atoms with Crippen LogP contribution >= 0.6 is 15.9 Å². The Hall–Kier alpha value is -0.540. The molecular weight excluding hydrogens is 266 g/mol. The topological polar surface area (TPSA) is 23.5 Å². The summed E-state index contributed by atoms with van der Waals surface area (Å²) in [6.07, 6.45) is 1.08. The van der Waals surface area contributed by atoms with Crippen molar-refractivity contribution in [1.82, 2.24) is 0 Å². The first-order valence-electron chi connectivity index (χ1n) is 5.77. The van der Waals surface area contributed by atoms with Gasteiger partial charge in [-0.3, -0.25) is 0 Å². The summed E-state index contributed by atoms with van der Waals surface area (Å²) in [6, 6.07) is 6.87. The third-order valence-corrected chi connectivity index (χ3v) is 4.20. The van der Waals surface area contributed by atoms with Crippen LogP contribution in [0.25, 0.3) is 0 Å². The van der Waals surface area contributed by atoms with Crippen molar-refractivity contribution in [2.75, 3.05) is 18.1 Å². The van der Waals surface area contributed by atoms with Gasteiger partial charge in [0.2, 0.25) is 0 Å². The molecule has 0 aliphatic carbocycles. The SMILES string of the molecule is Cc1ccc(N2CCC(CO)C2C)c(Br)c1. The Balaban J connectivity index is 2.25. The zero-order valence-electron chi connectivity index (χ0n) is 9.78. The maximum absolute atomic E-state index is 9.28. The molecule has 0 amide bonds. The van der Waals surface area contributed by atoms with Gasteiger partial charge >= 0.3 is 0 Å². The van der Waals surface area contributed by atoms with Gasteiger partial charge in [-0.25, -0.2) is 0 Å². The van der Waals surface area contributed by atoms with E-state index in [1.165, 1.54) is 11.3 Å². The Morgan fingerprint density at radius 1 is 1.50 bits per heavy atom. The lowest BCUT2D eigenvalue weighted by Gasteiger charge is -2.27. The maximum Gasteiger partial charge on any atom is 0.0513 e. The summed E-state index contributed by atoms with van der Waals surface area (Å²) in [7, 11) is 0. The highest BCUT2D eigenvalue weighted by molar-refractivity contribution is 9.10. The van der Waals surface area contributed by atoms with E-state index < -0.39 is 0 Å². The van der Waals surface area contributed by atoms with E-state index in [-0.39, 0.29) is 0 Å². The quantitative estimate of drug-likeness (QED) is 0.902. The van der Waals surface area contributed by atoms with E-state index in [4.69, 9.17) is 0 Å². The molecule has 3 heteroatoms. The summed E-state index contributed by atoms with van der Waals surface area (Å²) in [5.74, 6) is 0.410. The van der Waals surface area contributed by atoms with Crippen molar-refractivity contribution >= 4 is 21.6 Å². The van der Waals surface area contributed by atoms with Crippen LogP contribution in [0.3, 0.4) is 0 Å². The fourth-order valence-electron chi connectivity index (χ4n) is 2.43. The normalized spacial score (nSPS) is 25.1. The summed E-state index contributed by atoms with van der Waals surface area (Å²) in [4.78, 5) is 2.38. The molecule has 2 unspecified atom stereocenters. The largest absolute Gasteiger partial charge is 0.396 e. The van der Waals surface area contributed by atoms with E-state index in [0.29, 0.717) is 18.6 Å². The lowest BCUT2D eigenvalue weighted by atomic mass is 10.0. The van der Waals surface area contributed by atoms with Gasteiger partial charge in [-0.2, -0.15) is 0 Å². The molecule has 2 rings (SSSR count). The molecule has 1 aliphatic rings. The highest BCUT2D eigenvalue weighted by Gasteiger charge is 2.30. The van der Waals surface area contributed by atoms with Crippen molar-refractivity contribution in [2.45, 2.75) is 26.3 Å². The van der Waals surface area contributed by atoms with Crippen LogP contribution in [0.4, 0.5) is 5.69 Å². The van der Waals surface area contributed by atoms with Crippen LogP contribution in [0, 0.1) is 12.8 Å². The molecule has 1 fully saturated rings. The average Bonchev–Trinajstić information content (AvgIpc) is 2.60. The molecule has 0 spiro atoms. The van der Waals surface area contributed by atoms with Crippen molar-refractivity contribution < 1.29 is 5.11 Å². The number of aryl methyl sites for hydroxylation is 1. The molecule has 88 valence electrons. The molecule has 2 nitrogen and oxygen atoms in total. The smallest absolute Gasteiger partial charge is 0.0513 e. The van der Waals surface area contributed by atoms with E-state index in [9.17, 15) is 5.11 Å². The van der Waals surface area contributed by atoms with Crippen LogP contribution in [-0.4, -0.2) is 24.3 Å². The average molecular weight is 284 g/mol. The van der Waals surface area contributed by atoms with Gasteiger partial charge in [0.05, 0.1) is 5.69 Å². The van der Waals surface area contributed by atoms with Crippen LogP contribution in [-0.2, 0) is 0 Å². The highest BCUT2D eigenvalue weighted by Crippen LogP contribution is 2.34. The van der Waals surface area contributed by atoms with Gasteiger partial charge in [0, 0.05) is 29.6 Å². The minimum atomic E-state index is 0.293. The molecule has 0 bridgehead atoms. The van der Waals surface area contributed by atoms with Crippen LogP contribution in [0.15, 0.2) is 22.7 Å².